The number of rotatable bonds is 6. The maximum Gasteiger partial charge on any atom is 0.123 e. The van der Waals surface area contributed by atoms with Crippen LogP contribution in [0.2, 0.25) is 0 Å². The molecule has 102 valence electrons. The Morgan fingerprint density at radius 3 is 2.68 bits per heavy atom. The number of benzene rings is 1. The average Bonchev–Trinajstić information content (AvgIpc) is 2.88. The molecule has 1 heterocycles. The molecule has 2 rings (SSSR count). The second-order valence-electron chi connectivity index (χ2n) is 5.07. The van der Waals surface area contributed by atoms with Crippen LogP contribution in [0.3, 0.4) is 0 Å². The Labute approximate surface area is 118 Å². The van der Waals surface area contributed by atoms with Crippen molar-refractivity contribution in [3.63, 3.8) is 0 Å². The molecule has 0 aliphatic heterocycles. The van der Waals surface area contributed by atoms with Crippen LogP contribution in [0.4, 0.5) is 4.39 Å². The standard InChI is InChI=1S/C16H20FNS/c1-12(2)16(15-7-4-10-19-15)18-9-8-13-5-3-6-14(17)11-13/h3-7,10-12,16,18H,8-9H2,1-2H3. The Morgan fingerprint density at radius 2 is 2.05 bits per heavy atom. The lowest BCUT2D eigenvalue weighted by Crippen LogP contribution is -2.27. The number of thiophene rings is 1. The molecule has 0 spiro atoms. The first-order valence-corrected chi connectivity index (χ1v) is 7.56. The van der Waals surface area contributed by atoms with Crippen LogP contribution >= 0.6 is 11.3 Å². The summed E-state index contributed by atoms with van der Waals surface area (Å²) in [6.45, 7) is 5.31. The second kappa shape index (κ2) is 6.83. The fraction of sp³-hybridized carbons (Fsp3) is 0.375. The van der Waals surface area contributed by atoms with E-state index in [9.17, 15) is 4.39 Å². The lowest BCUT2D eigenvalue weighted by Gasteiger charge is -2.21. The maximum atomic E-state index is 13.1. The van der Waals surface area contributed by atoms with Crippen molar-refractivity contribution in [2.24, 2.45) is 5.92 Å². The van der Waals surface area contributed by atoms with Crippen molar-refractivity contribution in [1.29, 1.82) is 0 Å². The van der Waals surface area contributed by atoms with E-state index in [0.717, 1.165) is 18.5 Å². The Hall–Kier alpha value is -1.19. The summed E-state index contributed by atoms with van der Waals surface area (Å²) in [5, 5.41) is 5.69. The molecule has 0 saturated heterocycles. The quantitative estimate of drug-likeness (QED) is 0.824. The van der Waals surface area contributed by atoms with Crippen LogP contribution in [-0.2, 0) is 6.42 Å². The molecule has 1 aromatic heterocycles. The predicted octanol–water partition coefficient (Wildman–Crippen LogP) is 4.42. The molecule has 1 aromatic carbocycles. The van der Waals surface area contributed by atoms with Crippen LogP contribution in [0.1, 0.15) is 30.3 Å². The monoisotopic (exact) mass is 277 g/mol. The minimum absolute atomic E-state index is 0.156. The minimum atomic E-state index is -0.156. The molecule has 0 fully saturated rings. The van der Waals surface area contributed by atoms with Crippen molar-refractivity contribution in [3.8, 4) is 0 Å². The number of hydrogen-bond acceptors (Lipinski definition) is 2. The average molecular weight is 277 g/mol. The first-order valence-electron chi connectivity index (χ1n) is 6.68. The van der Waals surface area contributed by atoms with Crippen molar-refractivity contribution in [2.45, 2.75) is 26.3 Å². The SMILES string of the molecule is CC(C)C(NCCc1cccc(F)c1)c1cccs1. The van der Waals surface area contributed by atoms with Gasteiger partial charge in [0.25, 0.3) is 0 Å². The van der Waals surface area contributed by atoms with Crippen molar-refractivity contribution in [3.05, 3.63) is 58.0 Å². The van der Waals surface area contributed by atoms with Gasteiger partial charge in [-0.15, -0.1) is 11.3 Å². The van der Waals surface area contributed by atoms with Crippen LogP contribution in [0.15, 0.2) is 41.8 Å². The van der Waals surface area contributed by atoms with E-state index in [4.69, 9.17) is 0 Å². The van der Waals surface area contributed by atoms with Crippen LogP contribution < -0.4 is 5.32 Å². The molecule has 1 unspecified atom stereocenters. The summed E-state index contributed by atoms with van der Waals surface area (Å²) in [6, 6.07) is 11.5. The largest absolute Gasteiger partial charge is 0.309 e. The molecular weight excluding hydrogens is 257 g/mol. The molecule has 0 aliphatic carbocycles. The Morgan fingerprint density at radius 1 is 1.21 bits per heavy atom. The van der Waals surface area contributed by atoms with E-state index in [0.29, 0.717) is 12.0 Å². The summed E-state index contributed by atoms with van der Waals surface area (Å²) in [7, 11) is 0. The highest BCUT2D eigenvalue weighted by atomic mass is 32.1. The normalized spacial score (nSPS) is 12.8. The van der Waals surface area contributed by atoms with E-state index in [2.05, 4.69) is 36.7 Å². The van der Waals surface area contributed by atoms with Gasteiger partial charge in [-0.05, 0) is 48.0 Å². The van der Waals surface area contributed by atoms with Gasteiger partial charge in [0.05, 0.1) is 0 Å². The number of halogens is 1. The zero-order chi connectivity index (χ0) is 13.7. The van der Waals surface area contributed by atoms with Gasteiger partial charge in [-0.25, -0.2) is 4.39 Å². The first kappa shape index (κ1) is 14.2. The highest BCUT2D eigenvalue weighted by Gasteiger charge is 2.15. The molecule has 0 radical (unpaired) electrons. The lowest BCUT2D eigenvalue weighted by atomic mass is 10.0. The third kappa shape index (κ3) is 4.15. The maximum absolute atomic E-state index is 13.1. The van der Waals surface area contributed by atoms with Crippen LogP contribution in [-0.4, -0.2) is 6.54 Å². The van der Waals surface area contributed by atoms with E-state index in [1.807, 2.05) is 6.07 Å². The van der Waals surface area contributed by atoms with Gasteiger partial charge in [-0.1, -0.05) is 32.0 Å². The van der Waals surface area contributed by atoms with Gasteiger partial charge in [0.1, 0.15) is 5.82 Å². The predicted molar refractivity (Wildman–Crippen MR) is 80.0 cm³/mol. The fourth-order valence-corrected chi connectivity index (χ4v) is 3.17. The van der Waals surface area contributed by atoms with Crippen LogP contribution in [0.5, 0.6) is 0 Å². The van der Waals surface area contributed by atoms with Gasteiger partial charge in [-0.2, -0.15) is 0 Å². The van der Waals surface area contributed by atoms with E-state index >= 15 is 0 Å². The first-order chi connectivity index (χ1) is 9.16. The highest BCUT2D eigenvalue weighted by molar-refractivity contribution is 7.10. The summed E-state index contributed by atoms with van der Waals surface area (Å²) in [5.41, 5.74) is 1.04. The zero-order valence-corrected chi connectivity index (χ0v) is 12.2. The second-order valence-corrected chi connectivity index (χ2v) is 6.05. The Bertz CT molecular complexity index is 493. The van der Waals surface area contributed by atoms with Gasteiger partial charge in [-0.3, -0.25) is 0 Å². The van der Waals surface area contributed by atoms with Gasteiger partial charge >= 0.3 is 0 Å². The lowest BCUT2D eigenvalue weighted by molar-refractivity contribution is 0.420. The minimum Gasteiger partial charge on any atom is -0.309 e. The molecule has 1 N–H and O–H groups in total. The fourth-order valence-electron chi connectivity index (χ4n) is 2.20. The molecule has 0 saturated carbocycles. The van der Waals surface area contributed by atoms with Crippen LogP contribution in [0.25, 0.3) is 0 Å². The van der Waals surface area contributed by atoms with E-state index in [-0.39, 0.29) is 5.82 Å². The smallest absolute Gasteiger partial charge is 0.123 e. The Kier molecular flexibility index (Phi) is 5.11. The molecule has 19 heavy (non-hydrogen) atoms. The summed E-state index contributed by atoms with van der Waals surface area (Å²) in [4.78, 5) is 1.37. The zero-order valence-electron chi connectivity index (χ0n) is 11.4. The summed E-state index contributed by atoms with van der Waals surface area (Å²) in [6.07, 6.45) is 0.854. The van der Waals surface area contributed by atoms with Crippen molar-refractivity contribution < 1.29 is 4.39 Å². The molecular formula is C16H20FNS. The van der Waals surface area contributed by atoms with Crippen LogP contribution in [0, 0.1) is 11.7 Å². The summed E-state index contributed by atoms with van der Waals surface area (Å²) < 4.78 is 13.1. The number of hydrogen-bond donors (Lipinski definition) is 1. The topological polar surface area (TPSA) is 12.0 Å². The third-order valence-corrected chi connectivity index (χ3v) is 4.14. The van der Waals surface area contributed by atoms with Gasteiger partial charge in [0.15, 0.2) is 0 Å². The molecule has 0 bridgehead atoms. The Balaban J connectivity index is 1.90. The number of nitrogens with one attached hydrogen (secondary N) is 1. The molecule has 0 amide bonds. The van der Waals surface area contributed by atoms with E-state index in [1.54, 1.807) is 23.5 Å². The van der Waals surface area contributed by atoms with Gasteiger partial charge in [0.2, 0.25) is 0 Å². The van der Waals surface area contributed by atoms with Crippen molar-refractivity contribution in [1.82, 2.24) is 5.32 Å². The van der Waals surface area contributed by atoms with Gasteiger partial charge < -0.3 is 5.32 Å². The molecule has 1 nitrogen and oxygen atoms in total. The van der Waals surface area contributed by atoms with Gasteiger partial charge in [0, 0.05) is 10.9 Å². The summed E-state index contributed by atoms with van der Waals surface area (Å²) in [5.74, 6) is 0.391. The van der Waals surface area contributed by atoms with E-state index < -0.39 is 0 Å². The molecule has 3 heteroatoms. The third-order valence-electron chi connectivity index (χ3n) is 3.18. The molecule has 0 aliphatic rings. The highest BCUT2D eigenvalue weighted by Crippen LogP contribution is 2.25. The van der Waals surface area contributed by atoms with Crippen molar-refractivity contribution >= 4 is 11.3 Å². The molecule has 2 aromatic rings. The van der Waals surface area contributed by atoms with Crippen molar-refractivity contribution in [2.75, 3.05) is 6.54 Å². The molecule has 1 atom stereocenters. The van der Waals surface area contributed by atoms with E-state index in [1.165, 1.54) is 10.9 Å². The summed E-state index contributed by atoms with van der Waals surface area (Å²) >= 11 is 1.79.